The van der Waals surface area contributed by atoms with Crippen molar-refractivity contribution in [3.8, 4) is 0 Å². The molecular weight excluding hydrogens is 236 g/mol. The van der Waals surface area contributed by atoms with Crippen LogP contribution in [-0.4, -0.2) is 11.1 Å². The lowest BCUT2D eigenvalue weighted by Crippen LogP contribution is -2.38. The van der Waals surface area contributed by atoms with Crippen LogP contribution in [0.2, 0.25) is 5.02 Å². The molecule has 0 aliphatic heterocycles. The van der Waals surface area contributed by atoms with Crippen molar-refractivity contribution in [1.29, 1.82) is 0 Å². The molecule has 1 N–H and O–H groups in total. The fourth-order valence-corrected chi connectivity index (χ4v) is 3.06. The largest absolute Gasteiger partial charge is 0.481 e. The van der Waals surface area contributed by atoms with Gasteiger partial charge < -0.3 is 5.11 Å². The zero-order valence-corrected chi connectivity index (χ0v) is 10.8. The number of carboxylic acids is 1. The van der Waals surface area contributed by atoms with Gasteiger partial charge in [0.05, 0.1) is 5.41 Å². The van der Waals surface area contributed by atoms with Gasteiger partial charge in [0, 0.05) is 5.02 Å². The van der Waals surface area contributed by atoms with Gasteiger partial charge in [0.15, 0.2) is 0 Å². The lowest BCUT2D eigenvalue weighted by molar-refractivity contribution is -0.145. The first kappa shape index (κ1) is 12.4. The molecule has 1 aliphatic carbocycles. The summed E-state index contributed by atoms with van der Waals surface area (Å²) in [5, 5.41) is 10.2. The van der Waals surface area contributed by atoms with Gasteiger partial charge in [-0.25, -0.2) is 0 Å². The van der Waals surface area contributed by atoms with Crippen molar-refractivity contribution in [2.24, 2.45) is 0 Å². The second kappa shape index (κ2) is 4.69. The number of aliphatic carboxylic acids is 1. The van der Waals surface area contributed by atoms with Gasteiger partial charge in [0.2, 0.25) is 0 Å². The van der Waals surface area contributed by atoms with Gasteiger partial charge in [-0.05, 0) is 31.4 Å². The second-order valence-electron chi connectivity index (χ2n) is 4.93. The zero-order valence-electron chi connectivity index (χ0n) is 10.0. The van der Waals surface area contributed by atoms with E-state index in [0.29, 0.717) is 17.9 Å². The molecule has 17 heavy (non-hydrogen) atoms. The fraction of sp³-hybridized carbons (Fsp3) is 0.500. The lowest BCUT2D eigenvalue weighted by atomic mass is 9.69. The first-order valence-corrected chi connectivity index (χ1v) is 6.44. The van der Waals surface area contributed by atoms with E-state index in [2.05, 4.69) is 0 Å². The van der Waals surface area contributed by atoms with Crippen LogP contribution in [0.25, 0.3) is 0 Å². The van der Waals surface area contributed by atoms with Crippen LogP contribution in [0.3, 0.4) is 0 Å². The van der Waals surface area contributed by atoms with Crippen LogP contribution in [-0.2, 0) is 10.2 Å². The van der Waals surface area contributed by atoms with Crippen LogP contribution in [0, 0.1) is 6.92 Å². The van der Waals surface area contributed by atoms with Gasteiger partial charge >= 0.3 is 5.97 Å². The topological polar surface area (TPSA) is 37.3 Å². The minimum absolute atomic E-state index is 0.583. The molecule has 1 aromatic carbocycles. The third-order valence-corrected chi connectivity index (χ3v) is 4.08. The average Bonchev–Trinajstić information content (AvgIpc) is 2.33. The first-order valence-electron chi connectivity index (χ1n) is 6.06. The number of carboxylic acid groups (broad SMARTS) is 1. The van der Waals surface area contributed by atoms with Crippen molar-refractivity contribution in [3.63, 3.8) is 0 Å². The van der Waals surface area contributed by atoms with E-state index in [9.17, 15) is 9.90 Å². The molecule has 0 bridgehead atoms. The summed E-state index contributed by atoms with van der Waals surface area (Å²) in [5.41, 5.74) is 1.10. The monoisotopic (exact) mass is 252 g/mol. The minimum atomic E-state index is -0.763. The molecule has 92 valence electrons. The third kappa shape index (κ3) is 2.19. The summed E-state index contributed by atoms with van der Waals surface area (Å²) in [6.45, 7) is 1.97. The Labute approximate surface area is 107 Å². The maximum Gasteiger partial charge on any atom is 0.314 e. The van der Waals surface area contributed by atoms with Gasteiger partial charge in [-0.2, -0.15) is 0 Å². The van der Waals surface area contributed by atoms with Crippen molar-refractivity contribution < 1.29 is 9.90 Å². The van der Waals surface area contributed by atoms with Crippen molar-refractivity contribution >= 4 is 17.6 Å². The molecule has 2 nitrogen and oxygen atoms in total. The first-order chi connectivity index (χ1) is 8.06. The van der Waals surface area contributed by atoms with Gasteiger partial charge in [0.25, 0.3) is 0 Å². The molecule has 0 amide bonds. The Morgan fingerprint density at radius 2 is 1.94 bits per heavy atom. The van der Waals surface area contributed by atoms with Crippen LogP contribution in [0.1, 0.15) is 43.2 Å². The van der Waals surface area contributed by atoms with E-state index < -0.39 is 11.4 Å². The highest BCUT2D eigenvalue weighted by Gasteiger charge is 2.42. The van der Waals surface area contributed by atoms with Crippen LogP contribution < -0.4 is 0 Å². The van der Waals surface area contributed by atoms with Gasteiger partial charge in [-0.1, -0.05) is 48.6 Å². The van der Waals surface area contributed by atoms with E-state index in [0.717, 1.165) is 30.4 Å². The van der Waals surface area contributed by atoms with E-state index in [1.54, 1.807) is 0 Å². The number of aryl methyl sites for hydroxylation is 1. The van der Waals surface area contributed by atoms with Crippen molar-refractivity contribution in [1.82, 2.24) is 0 Å². The summed E-state index contributed by atoms with van der Waals surface area (Å²) in [4.78, 5) is 11.7. The number of benzene rings is 1. The molecule has 0 unspecified atom stereocenters. The molecule has 1 aromatic rings. The van der Waals surface area contributed by atoms with E-state index >= 15 is 0 Å². The highest BCUT2D eigenvalue weighted by Crippen LogP contribution is 2.42. The molecule has 0 heterocycles. The quantitative estimate of drug-likeness (QED) is 0.866. The lowest BCUT2D eigenvalue weighted by Gasteiger charge is -2.34. The van der Waals surface area contributed by atoms with Crippen LogP contribution in [0.5, 0.6) is 0 Å². The number of carbonyl (C=O) groups is 1. The molecule has 2 rings (SSSR count). The Bertz CT molecular complexity index is 434. The molecule has 1 aliphatic rings. The predicted molar refractivity (Wildman–Crippen MR) is 68.6 cm³/mol. The van der Waals surface area contributed by atoms with E-state index in [-0.39, 0.29) is 0 Å². The summed E-state index contributed by atoms with van der Waals surface area (Å²) in [7, 11) is 0. The number of halogens is 1. The average molecular weight is 253 g/mol. The number of hydrogen-bond acceptors (Lipinski definition) is 1. The summed E-state index contributed by atoms with van der Waals surface area (Å²) < 4.78 is 0. The minimum Gasteiger partial charge on any atom is -0.481 e. The van der Waals surface area contributed by atoms with Crippen LogP contribution in [0.15, 0.2) is 18.2 Å². The number of hydrogen-bond donors (Lipinski definition) is 1. The maximum atomic E-state index is 11.7. The molecule has 0 atom stereocenters. The van der Waals surface area contributed by atoms with E-state index in [1.807, 2.05) is 25.1 Å². The highest BCUT2D eigenvalue weighted by atomic mass is 35.5. The molecule has 1 fully saturated rings. The number of rotatable bonds is 2. The standard InChI is InChI=1S/C14H17ClO2/c1-10-5-6-12(15)11(9-10)14(13(16)17)7-3-2-4-8-14/h5-6,9H,2-4,7-8H2,1H3,(H,16,17). The molecule has 3 heteroatoms. The normalized spacial score (nSPS) is 18.9. The predicted octanol–water partition coefficient (Wildman–Crippen LogP) is 3.93. The Kier molecular flexibility index (Phi) is 3.43. The fourth-order valence-electron chi connectivity index (χ4n) is 2.76. The highest BCUT2D eigenvalue weighted by molar-refractivity contribution is 6.31. The van der Waals surface area contributed by atoms with Crippen molar-refractivity contribution in [2.45, 2.75) is 44.4 Å². The maximum absolute atomic E-state index is 11.7. The Morgan fingerprint density at radius 1 is 1.29 bits per heavy atom. The molecule has 0 aromatic heterocycles. The van der Waals surface area contributed by atoms with Crippen LogP contribution >= 0.6 is 11.6 Å². The van der Waals surface area contributed by atoms with Crippen LogP contribution in [0.4, 0.5) is 0 Å². The second-order valence-corrected chi connectivity index (χ2v) is 5.34. The smallest absolute Gasteiger partial charge is 0.314 e. The summed E-state index contributed by atoms with van der Waals surface area (Å²) in [6, 6.07) is 5.66. The van der Waals surface area contributed by atoms with Crippen molar-refractivity contribution in [2.75, 3.05) is 0 Å². The third-order valence-electron chi connectivity index (χ3n) is 3.75. The summed E-state index contributed by atoms with van der Waals surface area (Å²) in [5.74, 6) is -0.732. The molecule has 0 saturated heterocycles. The van der Waals surface area contributed by atoms with Crippen molar-refractivity contribution in [3.05, 3.63) is 34.3 Å². The van der Waals surface area contributed by atoms with Gasteiger partial charge in [-0.3, -0.25) is 4.79 Å². The molecule has 0 radical (unpaired) electrons. The molecule has 0 spiro atoms. The van der Waals surface area contributed by atoms with Gasteiger partial charge in [-0.15, -0.1) is 0 Å². The molecule has 1 saturated carbocycles. The Morgan fingerprint density at radius 3 is 2.53 bits per heavy atom. The van der Waals surface area contributed by atoms with E-state index in [4.69, 9.17) is 11.6 Å². The SMILES string of the molecule is Cc1ccc(Cl)c(C2(C(=O)O)CCCCC2)c1. The Balaban J connectivity index is 2.52. The summed E-state index contributed by atoms with van der Waals surface area (Å²) in [6.07, 6.45) is 4.46. The Hall–Kier alpha value is -1.02. The molecular formula is C14H17ClO2. The summed E-state index contributed by atoms with van der Waals surface area (Å²) >= 11 is 6.20. The van der Waals surface area contributed by atoms with Gasteiger partial charge in [0.1, 0.15) is 0 Å². The van der Waals surface area contributed by atoms with E-state index in [1.165, 1.54) is 0 Å². The zero-order chi connectivity index (χ0) is 12.5.